The number of aliphatic hydroxyl groups is 1. The summed E-state index contributed by atoms with van der Waals surface area (Å²) in [7, 11) is 3.16. The summed E-state index contributed by atoms with van der Waals surface area (Å²) in [6.07, 6.45) is 5.33. The van der Waals surface area contributed by atoms with Gasteiger partial charge in [-0.15, -0.1) is 0 Å². The standard InChI is InChI=1S/C35H38Cl2N8O4/c1-21(47)44-14-10-24(11-15-44)40-18-22-7-8-28(41-34(22)48-2)27-6-4-5-25(31(27)36)26-9-12-39-33(32(26)37)23-17-29-35(49-3)42-30(19-38-13-16-46)43-45(29)20-23/h4-9,12,17,20,24,38,40,46H,10-11,13-16,18-19H2,1-3H3. The molecule has 0 bridgehead atoms. The molecular weight excluding hydrogens is 667 g/mol. The fraction of sp³-hybridized carbons (Fsp3) is 0.343. The minimum atomic E-state index is 0.0141. The van der Waals surface area contributed by atoms with Crippen molar-refractivity contribution in [2.24, 2.45) is 0 Å². The maximum absolute atomic E-state index is 11.7. The molecule has 5 heterocycles. The number of fused-ring (bicyclic) bond motifs is 1. The number of nitrogens with zero attached hydrogens (tertiary/aromatic N) is 6. The number of amides is 1. The van der Waals surface area contributed by atoms with Gasteiger partial charge < -0.3 is 30.1 Å². The van der Waals surface area contributed by atoms with Gasteiger partial charge in [-0.25, -0.2) is 9.50 Å². The predicted molar refractivity (Wildman–Crippen MR) is 189 cm³/mol. The Morgan fingerprint density at radius 2 is 1.73 bits per heavy atom. The van der Waals surface area contributed by atoms with E-state index in [-0.39, 0.29) is 12.5 Å². The van der Waals surface area contributed by atoms with Gasteiger partial charge in [-0.2, -0.15) is 10.1 Å². The van der Waals surface area contributed by atoms with Crippen LogP contribution in [0, 0.1) is 0 Å². The number of methoxy groups -OCH3 is 2. The number of likely N-dealkylation sites (tertiary alicyclic amines) is 1. The third-order valence-corrected chi connectivity index (χ3v) is 9.41. The zero-order chi connectivity index (χ0) is 34.5. The maximum atomic E-state index is 11.7. The Kier molecular flexibility index (Phi) is 10.9. The lowest BCUT2D eigenvalue weighted by Crippen LogP contribution is -2.44. The van der Waals surface area contributed by atoms with Crippen molar-refractivity contribution in [1.29, 1.82) is 0 Å². The lowest BCUT2D eigenvalue weighted by molar-refractivity contribution is -0.129. The number of benzene rings is 1. The average Bonchev–Trinajstić information content (AvgIpc) is 3.55. The SMILES string of the molecule is COc1nc(-c2cccc(-c3ccnc(-c4cc5c(OC)nc(CNCCO)nn5c4)c3Cl)c2Cl)ccc1CNC1CCN(C(C)=O)CC1. The Morgan fingerprint density at radius 3 is 2.47 bits per heavy atom. The van der Waals surface area contributed by atoms with E-state index in [1.165, 1.54) is 0 Å². The summed E-state index contributed by atoms with van der Waals surface area (Å²) < 4.78 is 12.9. The number of carbonyl (C=O) groups is 1. The average molecular weight is 706 g/mol. The lowest BCUT2D eigenvalue weighted by atomic mass is 10.00. The molecule has 1 amide bonds. The van der Waals surface area contributed by atoms with Crippen LogP contribution in [-0.4, -0.2) is 87.0 Å². The monoisotopic (exact) mass is 704 g/mol. The van der Waals surface area contributed by atoms with Crippen LogP contribution >= 0.6 is 23.2 Å². The van der Waals surface area contributed by atoms with Gasteiger partial charge in [0.25, 0.3) is 0 Å². The minimum absolute atomic E-state index is 0.0141. The molecular formula is C35H38Cl2N8O4. The molecule has 1 aliphatic rings. The molecule has 0 radical (unpaired) electrons. The van der Waals surface area contributed by atoms with Crippen molar-refractivity contribution < 1.29 is 19.4 Å². The molecule has 0 saturated carbocycles. The van der Waals surface area contributed by atoms with Crippen LogP contribution in [0.25, 0.3) is 39.2 Å². The number of halogens is 2. The Labute approximate surface area is 294 Å². The van der Waals surface area contributed by atoms with Crippen molar-refractivity contribution in [1.82, 2.24) is 40.1 Å². The van der Waals surface area contributed by atoms with Gasteiger partial charge in [0.2, 0.25) is 17.7 Å². The van der Waals surface area contributed by atoms with Crippen LogP contribution in [0.3, 0.4) is 0 Å². The largest absolute Gasteiger partial charge is 0.481 e. The first-order valence-corrected chi connectivity index (χ1v) is 16.8. The molecule has 1 aromatic carbocycles. The Balaban J connectivity index is 1.26. The third-order valence-electron chi connectivity index (χ3n) is 8.62. The van der Waals surface area contributed by atoms with Gasteiger partial charge >= 0.3 is 0 Å². The van der Waals surface area contributed by atoms with Crippen LogP contribution in [0.2, 0.25) is 10.0 Å². The van der Waals surface area contributed by atoms with Crippen molar-refractivity contribution >= 4 is 34.6 Å². The maximum Gasteiger partial charge on any atom is 0.241 e. The van der Waals surface area contributed by atoms with Crippen LogP contribution in [0.1, 0.15) is 31.2 Å². The molecule has 6 rings (SSSR count). The third kappa shape index (κ3) is 7.48. The second-order valence-electron chi connectivity index (χ2n) is 11.7. The smallest absolute Gasteiger partial charge is 0.241 e. The van der Waals surface area contributed by atoms with Crippen molar-refractivity contribution in [2.75, 3.05) is 40.5 Å². The summed E-state index contributed by atoms with van der Waals surface area (Å²) in [6.45, 7) is 4.54. The van der Waals surface area contributed by atoms with E-state index in [4.69, 9.17) is 42.8 Å². The van der Waals surface area contributed by atoms with Gasteiger partial charge in [0.15, 0.2) is 5.82 Å². The van der Waals surface area contributed by atoms with Gasteiger partial charge in [-0.05, 0) is 31.0 Å². The molecule has 3 N–H and O–H groups in total. The number of hydrogen-bond donors (Lipinski definition) is 3. The number of carbonyl (C=O) groups excluding carboxylic acids is 1. The molecule has 0 unspecified atom stereocenters. The van der Waals surface area contributed by atoms with E-state index in [1.807, 2.05) is 53.6 Å². The molecule has 5 aromatic rings. The molecule has 14 heteroatoms. The number of nitrogens with one attached hydrogen (secondary N) is 2. The first kappa shape index (κ1) is 34.5. The first-order valence-electron chi connectivity index (χ1n) is 16.0. The predicted octanol–water partition coefficient (Wildman–Crippen LogP) is 5.03. The first-order chi connectivity index (χ1) is 23.8. The quantitative estimate of drug-likeness (QED) is 0.152. The molecule has 1 saturated heterocycles. The molecule has 1 aliphatic heterocycles. The molecule has 49 heavy (non-hydrogen) atoms. The number of hydrogen-bond acceptors (Lipinski definition) is 10. The lowest BCUT2D eigenvalue weighted by Gasteiger charge is -2.31. The molecule has 0 atom stereocenters. The summed E-state index contributed by atoms with van der Waals surface area (Å²) in [5.41, 5.74) is 5.72. The van der Waals surface area contributed by atoms with Crippen molar-refractivity contribution in [3.05, 3.63) is 76.3 Å². The highest BCUT2D eigenvalue weighted by atomic mass is 35.5. The van der Waals surface area contributed by atoms with Crippen molar-refractivity contribution in [3.63, 3.8) is 0 Å². The topological polar surface area (TPSA) is 139 Å². The Hall–Kier alpha value is -4.33. The Bertz CT molecular complexity index is 1960. The van der Waals surface area contributed by atoms with Crippen LogP contribution < -0.4 is 20.1 Å². The normalized spacial score (nSPS) is 13.6. The van der Waals surface area contributed by atoms with Crippen molar-refractivity contribution in [3.8, 4) is 45.4 Å². The van der Waals surface area contributed by atoms with Crippen LogP contribution in [0.5, 0.6) is 11.8 Å². The summed E-state index contributed by atoms with van der Waals surface area (Å²) in [5.74, 6) is 1.56. The molecule has 12 nitrogen and oxygen atoms in total. The summed E-state index contributed by atoms with van der Waals surface area (Å²) >= 11 is 14.2. The van der Waals surface area contributed by atoms with Crippen LogP contribution in [-0.2, 0) is 17.9 Å². The second-order valence-corrected chi connectivity index (χ2v) is 12.5. The van der Waals surface area contributed by atoms with E-state index < -0.39 is 0 Å². The van der Waals surface area contributed by atoms with Crippen molar-refractivity contribution in [2.45, 2.75) is 38.9 Å². The highest BCUT2D eigenvalue weighted by Gasteiger charge is 2.22. The number of aliphatic hydroxyl groups excluding tert-OH is 1. The number of rotatable bonds is 12. The van der Waals surface area contributed by atoms with Gasteiger partial charge in [0.1, 0.15) is 5.52 Å². The summed E-state index contributed by atoms with van der Waals surface area (Å²) in [6, 6.07) is 13.7. The zero-order valence-electron chi connectivity index (χ0n) is 27.5. The molecule has 1 fully saturated rings. The van der Waals surface area contributed by atoms with E-state index in [0.29, 0.717) is 75.8 Å². The van der Waals surface area contributed by atoms with Crippen LogP contribution in [0.15, 0.2) is 54.9 Å². The van der Waals surface area contributed by atoms with Gasteiger partial charge in [0.05, 0.1) is 48.8 Å². The van der Waals surface area contributed by atoms with E-state index in [1.54, 1.807) is 31.9 Å². The zero-order valence-corrected chi connectivity index (χ0v) is 29.1. The van der Waals surface area contributed by atoms with Gasteiger partial charge in [-0.3, -0.25) is 9.78 Å². The van der Waals surface area contributed by atoms with Gasteiger partial charge in [-0.1, -0.05) is 47.5 Å². The molecule has 0 aliphatic carbocycles. The number of piperidine rings is 1. The minimum Gasteiger partial charge on any atom is -0.481 e. The molecule has 0 spiro atoms. The second kappa shape index (κ2) is 15.5. The van der Waals surface area contributed by atoms with E-state index in [0.717, 1.165) is 48.2 Å². The fourth-order valence-electron chi connectivity index (χ4n) is 6.02. The van der Waals surface area contributed by atoms with E-state index in [9.17, 15) is 4.79 Å². The summed E-state index contributed by atoms with van der Waals surface area (Å²) in [5, 5.41) is 21.3. The number of ether oxygens (including phenoxy) is 2. The number of aromatic nitrogens is 5. The van der Waals surface area contributed by atoms with Crippen LogP contribution in [0.4, 0.5) is 0 Å². The highest BCUT2D eigenvalue weighted by molar-refractivity contribution is 6.39. The molecule has 256 valence electrons. The van der Waals surface area contributed by atoms with E-state index >= 15 is 0 Å². The summed E-state index contributed by atoms with van der Waals surface area (Å²) in [4.78, 5) is 27.5. The fourth-order valence-corrected chi connectivity index (χ4v) is 6.67. The van der Waals surface area contributed by atoms with Gasteiger partial charge in [0, 0.05) is 79.4 Å². The van der Waals surface area contributed by atoms with E-state index in [2.05, 4.69) is 25.7 Å². The highest BCUT2D eigenvalue weighted by Crippen LogP contribution is 2.42. The number of pyridine rings is 2. The molecule has 4 aromatic heterocycles. The Morgan fingerprint density at radius 1 is 0.980 bits per heavy atom.